The van der Waals surface area contributed by atoms with Crippen molar-refractivity contribution in [2.24, 2.45) is 33.3 Å². The van der Waals surface area contributed by atoms with Gasteiger partial charge in [-0.15, -0.1) is 0 Å². The summed E-state index contributed by atoms with van der Waals surface area (Å²) < 4.78 is 31.7. The Hall–Kier alpha value is -5.22. The molecular formula is C29H40F3N9O5. The fourth-order valence-electron chi connectivity index (χ4n) is 3.96. The molecule has 0 aliphatic rings. The summed E-state index contributed by atoms with van der Waals surface area (Å²) in [7, 11) is 0. The van der Waals surface area contributed by atoms with E-state index in [1.807, 2.05) is 20.8 Å². The second-order valence-corrected chi connectivity index (χ2v) is 11.2. The SMILES string of the molecule is CC(C)(C)[C@H](NC(=O)[C@@H](Cc1ccc(C(=N)N)cc1)c1cccnc1)C(=O)NC(CCCN=C(N)N)C(N)=O.O=C(O)C(F)(F)F. The lowest BCUT2D eigenvalue weighted by Gasteiger charge is -2.33. The maximum atomic E-state index is 13.7. The van der Waals surface area contributed by atoms with Gasteiger partial charge in [0.1, 0.15) is 17.9 Å². The number of amidine groups is 1. The number of pyridine rings is 1. The van der Waals surface area contributed by atoms with Gasteiger partial charge in [-0.1, -0.05) is 51.1 Å². The summed E-state index contributed by atoms with van der Waals surface area (Å²) in [5, 5.41) is 20.3. The van der Waals surface area contributed by atoms with Crippen LogP contribution in [-0.4, -0.2) is 70.4 Å². The van der Waals surface area contributed by atoms with Crippen LogP contribution in [0.2, 0.25) is 0 Å². The number of hydrogen-bond donors (Lipinski definition) is 8. The molecule has 0 fully saturated rings. The molecule has 14 nitrogen and oxygen atoms in total. The Morgan fingerprint density at radius 2 is 1.57 bits per heavy atom. The van der Waals surface area contributed by atoms with E-state index in [4.69, 9.17) is 38.2 Å². The number of carbonyl (C=O) groups is 4. The molecule has 2 rings (SSSR count). The highest BCUT2D eigenvalue weighted by Crippen LogP contribution is 2.25. The summed E-state index contributed by atoms with van der Waals surface area (Å²) in [6, 6.07) is 8.67. The summed E-state index contributed by atoms with van der Waals surface area (Å²) in [6.07, 6.45) is -0.882. The van der Waals surface area contributed by atoms with E-state index in [2.05, 4.69) is 20.6 Å². The van der Waals surface area contributed by atoms with E-state index < -0.39 is 47.4 Å². The zero-order valence-electron chi connectivity index (χ0n) is 25.6. The number of benzene rings is 1. The number of guanidine groups is 1. The molecule has 0 aliphatic carbocycles. The molecular weight excluding hydrogens is 611 g/mol. The number of carbonyl (C=O) groups excluding carboxylic acids is 3. The van der Waals surface area contributed by atoms with Gasteiger partial charge in [0.05, 0.1) is 5.92 Å². The summed E-state index contributed by atoms with van der Waals surface area (Å²) in [4.78, 5) is 56.0. The van der Waals surface area contributed by atoms with Crippen LogP contribution in [0.1, 0.15) is 56.2 Å². The lowest BCUT2D eigenvalue weighted by Crippen LogP contribution is -2.58. The van der Waals surface area contributed by atoms with E-state index in [0.29, 0.717) is 24.0 Å². The predicted molar refractivity (Wildman–Crippen MR) is 164 cm³/mol. The molecule has 3 amide bonds. The normalized spacial score (nSPS) is 13.1. The topological polar surface area (TPSA) is 266 Å². The first-order valence-corrected chi connectivity index (χ1v) is 13.8. The fraction of sp³-hybridized carbons (Fsp3) is 0.414. The number of primary amides is 1. The quantitative estimate of drug-likeness (QED) is 0.0866. The van der Waals surface area contributed by atoms with Crippen molar-refractivity contribution in [3.05, 3.63) is 65.5 Å². The van der Waals surface area contributed by atoms with Crippen LogP contribution >= 0.6 is 0 Å². The number of aliphatic imine (C=N–C) groups is 1. The van der Waals surface area contributed by atoms with E-state index in [0.717, 1.165) is 5.56 Å². The molecule has 0 radical (unpaired) electrons. The smallest absolute Gasteiger partial charge is 0.475 e. The average molecular weight is 652 g/mol. The third-order valence-electron chi connectivity index (χ3n) is 6.37. The van der Waals surface area contributed by atoms with Crippen molar-refractivity contribution >= 4 is 35.5 Å². The molecule has 0 saturated heterocycles. The molecule has 1 unspecified atom stereocenters. The van der Waals surface area contributed by atoms with E-state index >= 15 is 0 Å². The standard InChI is InChI=1S/C27H39N9O3.C2HF3O2/c1-27(2,3)21(25(39)35-20(23(30)37)7-5-13-34-26(31)32)36-24(38)19(18-6-4-12-33-15-18)14-16-8-10-17(11-9-16)22(28)29;3-2(4,5)1(6)7/h4,6,8-12,15,19-21H,5,7,13-14H2,1-3H3,(H3,28,29)(H2,30,37)(H,35,39)(H,36,38)(H4,31,32,34);(H,6,7)/t19-,20?,21+;/m0./s1. The lowest BCUT2D eigenvalue weighted by molar-refractivity contribution is -0.192. The number of hydrogen-bond acceptors (Lipinski definition) is 7. The van der Waals surface area contributed by atoms with Crippen LogP contribution < -0.4 is 33.6 Å². The van der Waals surface area contributed by atoms with Crippen LogP contribution in [0.5, 0.6) is 0 Å². The van der Waals surface area contributed by atoms with Gasteiger partial charge in [-0.05, 0) is 41.9 Å². The highest BCUT2D eigenvalue weighted by atomic mass is 19.4. The minimum atomic E-state index is -5.08. The third kappa shape index (κ3) is 13.6. The van der Waals surface area contributed by atoms with Crippen molar-refractivity contribution in [1.82, 2.24) is 15.6 Å². The Labute approximate surface area is 263 Å². The van der Waals surface area contributed by atoms with Gasteiger partial charge < -0.3 is 38.7 Å². The molecule has 252 valence electrons. The minimum Gasteiger partial charge on any atom is -0.475 e. The van der Waals surface area contributed by atoms with Crippen molar-refractivity contribution in [3.8, 4) is 0 Å². The highest BCUT2D eigenvalue weighted by molar-refractivity contribution is 5.95. The number of carboxylic acids is 1. The molecule has 1 heterocycles. The second-order valence-electron chi connectivity index (χ2n) is 11.2. The van der Waals surface area contributed by atoms with Crippen LogP contribution in [-0.2, 0) is 25.6 Å². The van der Waals surface area contributed by atoms with Crippen molar-refractivity contribution in [1.29, 1.82) is 5.41 Å². The number of nitrogen functional groups attached to an aromatic ring is 1. The van der Waals surface area contributed by atoms with E-state index in [1.165, 1.54) is 0 Å². The Morgan fingerprint density at radius 1 is 0.978 bits per heavy atom. The van der Waals surface area contributed by atoms with Crippen molar-refractivity contribution in [3.63, 3.8) is 0 Å². The third-order valence-corrected chi connectivity index (χ3v) is 6.37. The Morgan fingerprint density at radius 3 is 2.00 bits per heavy atom. The molecule has 17 heteroatoms. The molecule has 46 heavy (non-hydrogen) atoms. The largest absolute Gasteiger partial charge is 0.490 e. The van der Waals surface area contributed by atoms with Crippen LogP contribution in [0.4, 0.5) is 13.2 Å². The van der Waals surface area contributed by atoms with Crippen molar-refractivity contribution in [2.45, 2.75) is 64.2 Å². The minimum absolute atomic E-state index is 0.0485. The number of aromatic nitrogens is 1. The summed E-state index contributed by atoms with van der Waals surface area (Å²) in [5.41, 5.74) is 23.1. The monoisotopic (exact) mass is 651 g/mol. The first-order chi connectivity index (χ1) is 21.2. The van der Waals surface area contributed by atoms with Crippen LogP contribution in [0, 0.1) is 10.8 Å². The van der Waals surface area contributed by atoms with Crippen LogP contribution in [0.3, 0.4) is 0 Å². The van der Waals surface area contributed by atoms with Gasteiger partial charge in [-0.3, -0.25) is 29.8 Å². The first-order valence-electron chi connectivity index (χ1n) is 13.8. The van der Waals surface area contributed by atoms with Gasteiger partial charge in [0.2, 0.25) is 17.7 Å². The number of carboxylic acid groups (broad SMARTS) is 1. The number of nitrogens with zero attached hydrogens (tertiary/aromatic N) is 2. The van der Waals surface area contributed by atoms with E-state index in [9.17, 15) is 27.6 Å². The summed E-state index contributed by atoms with van der Waals surface area (Å²) in [5.74, 6) is -5.14. The first kappa shape index (κ1) is 38.8. The second kappa shape index (κ2) is 17.3. The summed E-state index contributed by atoms with van der Waals surface area (Å²) in [6.45, 7) is 5.72. The number of halogens is 3. The molecule has 1 aromatic carbocycles. The van der Waals surface area contributed by atoms with Gasteiger partial charge >= 0.3 is 12.1 Å². The Bertz CT molecular complexity index is 1380. The average Bonchev–Trinajstić information content (AvgIpc) is 2.95. The molecule has 3 atom stereocenters. The van der Waals surface area contributed by atoms with E-state index in [-0.39, 0.29) is 30.7 Å². The van der Waals surface area contributed by atoms with Gasteiger partial charge in [0.15, 0.2) is 5.96 Å². The van der Waals surface area contributed by atoms with Gasteiger partial charge in [-0.25, -0.2) is 4.79 Å². The van der Waals surface area contributed by atoms with Gasteiger partial charge in [-0.2, -0.15) is 13.2 Å². The van der Waals surface area contributed by atoms with Crippen LogP contribution in [0.25, 0.3) is 0 Å². The number of alkyl halides is 3. The predicted octanol–water partition coefficient (Wildman–Crippen LogP) is 0.880. The zero-order valence-corrected chi connectivity index (χ0v) is 25.6. The van der Waals surface area contributed by atoms with Gasteiger partial charge in [0.25, 0.3) is 0 Å². The van der Waals surface area contributed by atoms with Crippen LogP contribution in [0.15, 0.2) is 53.8 Å². The Balaban J connectivity index is 0.00000135. The summed E-state index contributed by atoms with van der Waals surface area (Å²) >= 11 is 0. The molecule has 1 aromatic heterocycles. The van der Waals surface area contributed by atoms with Gasteiger partial charge in [0, 0.05) is 24.5 Å². The van der Waals surface area contributed by atoms with Crippen molar-refractivity contribution in [2.75, 3.05) is 6.54 Å². The molecule has 0 saturated carbocycles. The van der Waals surface area contributed by atoms with Crippen molar-refractivity contribution < 1.29 is 37.5 Å². The highest BCUT2D eigenvalue weighted by Gasteiger charge is 2.38. The number of nitrogens with one attached hydrogen (secondary N) is 3. The maximum Gasteiger partial charge on any atom is 0.490 e. The Kier molecular flexibility index (Phi) is 14.6. The fourth-order valence-corrected chi connectivity index (χ4v) is 3.96. The molecule has 2 aromatic rings. The number of rotatable bonds is 13. The molecule has 12 N–H and O–H groups in total. The molecule has 0 spiro atoms. The van der Waals surface area contributed by atoms with E-state index in [1.54, 1.807) is 48.8 Å². The number of aliphatic carboxylic acids is 1. The maximum absolute atomic E-state index is 13.7. The molecule has 0 aliphatic heterocycles. The zero-order chi connectivity index (χ0) is 35.2. The number of nitrogens with two attached hydrogens (primary N) is 4. The number of amides is 3. The lowest BCUT2D eigenvalue weighted by atomic mass is 9.84. The molecule has 0 bridgehead atoms.